The molecule has 0 radical (unpaired) electrons. The molecule has 0 aromatic carbocycles. The van der Waals surface area contributed by atoms with Gasteiger partial charge in [-0.05, 0) is 0 Å². The maximum absolute atomic E-state index is 10.1. The number of halogens is 1. The van der Waals surface area contributed by atoms with E-state index in [2.05, 4.69) is 8.79 Å². The molecule has 0 aliphatic rings. The van der Waals surface area contributed by atoms with Crippen molar-refractivity contribution in [2.45, 2.75) is 0 Å². The molecule has 0 amide bonds. The van der Waals surface area contributed by atoms with Crippen LogP contribution in [0.1, 0.15) is 0 Å². The second-order valence-corrected chi connectivity index (χ2v) is 2.41. The van der Waals surface area contributed by atoms with E-state index >= 15 is 0 Å². The Hall–Kier alpha value is 0.0900. The molecule has 1 heterocycles. The molecule has 0 unspecified atom stereocenters. The number of aromatic nitrogens is 1. The van der Waals surface area contributed by atoms with E-state index in [0.29, 0.717) is 3.90 Å². The number of hydrogen-bond donors (Lipinski definition) is 0. The van der Waals surface area contributed by atoms with E-state index in [9.17, 15) is 4.79 Å². The summed E-state index contributed by atoms with van der Waals surface area (Å²) >= 11 is 2.66. The van der Waals surface area contributed by atoms with E-state index in [4.69, 9.17) is 0 Å². The monoisotopic (exact) mass is 229 g/mol. The van der Waals surface area contributed by atoms with Gasteiger partial charge in [-0.25, -0.2) is 4.79 Å². The molecule has 0 spiro atoms. The third-order valence-electron chi connectivity index (χ3n) is 0.360. The van der Waals surface area contributed by atoms with Crippen molar-refractivity contribution in [1.29, 1.82) is 0 Å². The van der Waals surface area contributed by atoms with Crippen LogP contribution in [0.5, 0.6) is 0 Å². The van der Waals surface area contributed by atoms with E-state index in [1.54, 1.807) is 0 Å². The molecule has 7 heavy (non-hydrogen) atoms. The molecule has 1 rings (SSSR count). The van der Waals surface area contributed by atoms with Gasteiger partial charge in [0.15, 0.2) is 0 Å². The zero-order valence-corrected chi connectivity index (χ0v) is 6.02. The summed E-state index contributed by atoms with van der Waals surface area (Å²) in [5, 5.41) is 0. The molecule has 0 bridgehead atoms. The van der Waals surface area contributed by atoms with E-state index in [1.807, 2.05) is 22.6 Å². The van der Waals surface area contributed by atoms with E-state index in [-0.39, 0.29) is 4.94 Å². The zero-order valence-electron chi connectivity index (χ0n) is 3.05. The summed E-state index contributed by atoms with van der Waals surface area (Å²) in [6, 6.07) is 0. The highest BCUT2D eigenvalue weighted by Crippen LogP contribution is 1.95. The first-order valence-corrected chi connectivity index (χ1v) is 3.26. The summed E-state index contributed by atoms with van der Waals surface area (Å²) in [6.45, 7) is 0. The van der Waals surface area contributed by atoms with Crippen molar-refractivity contribution in [2.75, 3.05) is 0 Å². The third kappa shape index (κ3) is 1.23. The van der Waals surface area contributed by atoms with Gasteiger partial charge in [-0.1, -0.05) is 0 Å². The summed E-state index contributed by atoms with van der Waals surface area (Å²) in [6.07, 6.45) is 0. The van der Waals surface area contributed by atoms with Crippen molar-refractivity contribution in [3.8, 4) is 0 Å². The second-order valence-electron chi connectivity index (χ2n) is 0.788. The molecular weight excluding hydrogens is 229 g/mol. The van der Waals surface area contributed by atoms with Crippen LogP contribution in [-0.4, -0.2) is 4.37 Å². The molecule has 0 N–H and O–H groups in total. The van der Waals surface area contributed by atoms with Crippen molar-refractivity contribution in [3.63, 3.8) is 0 Å². The fourth-order valence-electron chi connectivity index (χ4n) is 0.179. The number of rotatable bonds is 0. The van der Waals surface area contributed by atoms with Gasteiger partial charge in [-0.3, -0.25) is 0 Å². The highest BCUT2D eigenvalue weighted by atomic mass is 127. The summed E-state index contributed by atoms with van der Waals surface area (Å²) in [5.74, 6) is 0. The Morgan fingerprint density at radius 3 is 2.71 bits per heavy atom. The molecule has 1 aromatic heterocycles. The lowest BCUT2D eigenvalue weighted by Gasteiger charge is -1.61. The summed E-state index contributed by atoms with van der Waals surface area (Å²) in [7, 11) is 0. The second kappa shape index (κ2) is 1.91. The predicted octanol–water partition coefficient (Wildman–Crippen LogP) is 0.701. The van der Waals surface area contributed by atoms with E-state index < -0.39 is 0 Å². The molecule has 0 saturated carbocycles. The van der Waals surface area contributed by atoms with Gasteiger partial charge in [-0.15, -0.1) is 4.37 Å². The van der Waals surface area contributed by atoms with Gasteiger partial charge in [0.05, 0.1) is 11.5 Å². The summed E-state index contributed by atoms with van der Waals surface area (Å²) < 4.78 is 8.40. The SMILES string of the molecule is O=c1oc(I)ns1. The van der Waals surface area contributed by atoms with Crippen molar-refractivity contribution in [2.24, 2.45) is 0 Å². The molecule has 38 valence electrons. The number of hydrogen-bond acceptors (Lipinski definition) is 4. The average molecular weight is 229 g/mol. The van der Waals surface area contributed by atoms with Gasteiger partial charge in [-0.2, -0.15) is 0 Å². The van der Waals surface area contributed by atoms with Crippen molar-refractivity contribution < 1.29 is 4.42 Å². The van der Waals surface area contributed by atoms with Gasteiger partial charge in [0.2, 0.25) is 0 Å². The van der Waals surface area contributed by atoms with Crippen molar-refractivity contribution >= 4 is 34.1 Å². The quantitative estimate of drug-likeness (QED) is 0.615. The van der Waals surface area contributed by atoms with Crippen LogP contribution >= 0.6 is 34.1 Å². The Bertz CT molecular complexity index is 203. The molecule has 0 fully saturated rings. The fourth-order valence-corrected chi connectivity index (χ4v) is 1.12. The lowest BCUT2D eigenvalue weighted by atomic mass is 11.5. The first-order valence-electron chi connectivity index (χ1n) is 1.41. The molecule has 3 nitrogen and oxygen atoms in total. The van der Waals surface area contributed by atoms with Gasteiger partial charge in [0, 0.05) is 22.6 Å². The minimum atomic E-state index is -0.343. The maximum Gasteiger partial charge on any atom is 0.415 e. The van der Waals surface area contributed by atoms with Gasteiger partial charge < -0.3 is 4.42 Å². The average Bonchev–Trinajstić information content (AvgIpc) is 1.87. The van der Waals surface area contributed by atoms with Gasteiger partial charge in [0.1, 0.15) is 0 Å². The molecular formula is C2INO2S. The first-order chi connectivity index (χ1) is 3.29. The lowest BCUT2D eigenvalue weighted by Crippen LogP contribution is -1.80. The van der Waals surface area contributed by atoms with Gasteiger partial charge >= 0.3 is 4.94 Å². The smallest absolute Gasteiger partial charge is 0.389 e. The molecule has 1 aromatic rings. The summed E-state index contributed by atoms with van der Waals surface area (Å²) in [5.41, 5.74) is 0. The molecule has 0 atom stereocenters. The highest BCUT2D eigenvalue weighted by molar-refractivity contribution is 14.1. The van der Waals surface area contributed by atoms with Gasteiger partial charge in [0.25, 0.3) is 3.90 Å². The molecule has 0 aliphatic carbocycles. The molecule has 0 aliphatic heterocycles. The molecule has 5 heteroatoms. The maximum atomic E-state index is 10.1. The van der Waals surface area contributed by atoms with Crippen LogP contribution in [0.3, 0.4) is 0 Å². The van der Waals surface area contributed by atoms with E-state index in [0.717, 1.165) is 11.5 Å². The Morgan fingerprint density at radius 1 is 1.86 bits per heavy atom. The number of nitrogens with zero attached hydrogens (tertiary/aromatic N) is 1. The van der Waals surface area contributed by atoms with Crippen molar-refractivity contribution in [3.05, 3.63) is 13.6 Å². The third-order valence-corrected chi connectivity index (χ3v) is 1.64. The van der Waals surface area contributed by atoms with Crippen LogP contribution in [0.4, 0.5) is 0 Å². The van der Waals surface area contributed by atoms with Crippen molar-refractivity contribution in [1.82, 2.24) is 4.37 Å². The lowest BCUT2D eigenvalue weighted by molar-refractivity contribution is 0.495. The Balaban J connectivity index is 3.30. The largest absolute Gasteiger partial charge is 0.415 e. The zero-order chi connectivity index (χ0) is 5.28. The standard InChI is InChI=1S/C2INO2S/c3-1-4-7-2(5)6-1. The van der Waals surface area contributed by atoms with Crippen LogP contribution in [0.25, 0.3) is 0 Å². The van der Waals surface area contributed by atoms with Crippen LogP contribution in [0, 0.1) is 3.90 Å². The molecule has 0 saturated heterocycles. The van der Waals surface area contributed by atoms with Crippen LogP contribution in [0.15, 0.2) is 9.21 Å². The van der Waals surface area contributed by atoms with Crippen LogP contribution < -0.4 is 4.94 Å². The Kier molecular flexibility index (Phi) is 1.43. The predicted molar refractivity (Wildman–Crippen MR) is 33.4 cm³/mol. The Labute approximate surface area is 56.7 Å². The van der Waals surface area contributed by atoms with E-state index in [1.165, 1.54) is 0 Å². The minimum absolute atomic E-state index is 0.343. The fraction of sp³-hybridized carbons (Fsp3) is 0. The summed E-state index contributed by atoms with van der Waals surface area (Å²) in [4.78, 5) is 9.73. The minimum Gasteiger partial charge on any atom is -0.389 e. The topological polar surface area (TPSA) is 43.1 Å². The first kappa shape index (κ1) is 5.23. The van der Waals surface area contributed by atoms with Crippen LogP contribution in [0.2, 0.25) is 0 Å². The van der Waals surface area contributed by atoms with Crippen LogP contribution in [-0.2, 0) is 0 Å². The Morgan fingerprint density at radius 2 is 2.57 bits per heavy atom. The normalized spacial score (nSPS) is 9.29. The highest BCUT2D eigenvalue weighted by Gasteiger charge is 1.91.